The third-order valence-corrected chi connectivity index (χ3v) is 7.73. The van der Waals surface area contributed by atoms with E-state index in [9.17, 15) is 27.6 Å². The maximum Gasteiger partial charge on any atom is 0.490 e. The van der Waals surface area contributed by atoms with Crippen molar-refractivity contribution in [1.82, 2.24) is 15.5 Å². The van der Waals surface area contributed by atoms with Crippen molar-refractivity contribution in [1.29, 1.82) is 0 Å². The highest BCUT2D eigenvalue weighted by molar-refractivity contribution is 7.23. The van der Waals surface area contributed by atoms with Gasteiger partial charge in [-0.15, -0.1) is 11.3 Å². The van der Waals surface area contributed by atoms with Crippen molar-refractivity contribution in [2.24, 2.45) is 4.99 Å². The van der Waals surface area contributed by atoms with Crippen molar-refractivity contribution >= 4 is 56.1 Å². The Balaban J connectivity index is 0.000000587. The number of methoxy groups -OCH3 is 1. The number of likely N-dealkylation sites (tertiary alicyclic amines) is 1. The first-order valence-corrected chi connectivity index (χ1v) is 13.8. The number of fused-ring (bicyclic) bond motifs is 1. The molecule has 11 nitrogen and oxygen atoms in total. The second-order valence-electron chi connectivity index (χ2n) is 9.37. The van der Waals surface area contributed by atoms with Crippen LogP contribution in [0.4, 0.5) is 23.0 Å². The minimum Gasteiger partial charge on any atom is -0.495 e. The van der Waals surface area contributed by atoms with Crippen molar-refractivity contribution in [3.63, 3.8) is 0 Å². The van der Waals surface area contributed by atoms with E-state index in [0.29, 0.717) is 48.8 Å². The number of hydrogen-bond acceptors (Lipinski definition) is 7. The van der Waals surface area contributed by atoms with Gasteiger partial charge < -0.3 is 25.4 Å². The Morgan fingerprint density at radius 2 is 1.88 bits per heavy atom. The number of carbonyl (C=O) groups is 4. The Morgan fingerprint density at radius 1 is 1.22 bits per heavy atom. The van der Waals surface area contributed by atoms with Gasteiger partial charge in [-0.05, 0) is 32.3 Å². The summed E-state index contributed by atoms with van der Waals surface area (Å²) >= 11 is 1.32. The molecule has 1 fully saturated rings. The predicted molar refractivity (Wildman–Crippen MR) is 148 cm³/mol. The molecule has 1 spiro atoms. The molecule has 15 heteroatoms. The third-order valence-electron chi connectivity index (χ3n) is 6.59. The van der Waals surface area contributed by atoms with Gasteiger partial charge in [-0.25, -0.2) is 9.59 Å². The van der Waals surface area contributed by atoms with Crippen molar-refractivity contribution in [2.45, 2.75) is 57.7 Å². The van der Waals surface area contributed by atoms with Crippen molar-refractivity contribution in [3.8, 4) is 5.75 Å². The number of nitrogens with zero attached hydrogens (tertiary/aromatic N) is 2. The average molecular weight is 600 g/mol. The molecule has 0 radical (unpaired) electrons. The molecule has 0 atom stereocenters. The number of carboxylic acid groups (broad SMARTS) is 1. The van der Waals surface area contributed by atoms with Gasteiger partial charge in [0.15, 0.2) is 0 Å². The summed E-state index contributed by atoms with van der Waals surface area (Å²) in [6.45, 7) is 5.24. The summed E-state index contributed by atoms with van der Waals surface area (Å²) in [6, 6.07) is 5.17. The van der Waals surface area contributed by atoms with Gasteiger partial charge in [-0.2, -0.15) is 13.2 Å². The lowest BCUT2D eigenvalue weighted by molar-refractivity contribution is -0.192. The minimum absolute atomic E-state index is 0.0602. The van der Waals surface area contributed by atoms with Crippen molar-refractivity contribution in [2.75, 3.05) is 32.1 Å². The number of benzene rings is 1. The second kappa shape index (κ2) is 13.2. The summed E-state index contributed by atoms with van der Waals surface area (Å²) < 4.78 is 38.0. The largest absolute Gasteiger partial charge is 0.495 e. The molecule has 4 N–H and O–H groups in total. The number of alkyl halides is 3. The number of aliphatic carboxylic acids is 1. The molecule has 41 heavy (non-hydrogen) atoms. The molecule has 1 aromatic carbocycles. The molecule has 3 heterocycles. The number of aliphatic imine (C=N–C) groups is 1. The van der Waals surface area contributed by atoms with E-state index in [-0.39, 0.29) is 17.8 Å². The fourth-order valence-corrected chi connectivity index (χ4v) is 5.67. The van der Waals surface area contributed by atoms with E-state index >= 15 is 0 Å². The lowest BCUT2D eigenvalue weighted by Gasteiger charge is -2.35. The summed E-state index contributed by atoms with van der Waals surface area (Å²) in [5.74, 6) is -1.58. The zero-order chi connectivity index (χ0) is 30.4. The van der Waals surface area contributed by atoms with Crippen LogP contribution in [0.3, 0.4) is 0 Å². The number of halogens is 3. The molecule has 1 saturated heterocycles. The van der Waals surface area contributed by atoms with Gasteiger partial charge in [0.1, 0.15) is 22.1 Å². The van der Waals surface area contributed by atoms with Crippen LogP contribution in [0.5, 0.6) is 5.75 Å². The van der Waals surface area contributed by atoms with E-state index in [1.807, 2.05) is 25.1 Å². The van der Waals surface area contributed by atoms with Gasteiger partial charge in [0, 0.05) is 31.4 Å². The summed E-state index contributed by atoms with van der Waals surface area (Å²) in [6.07, 6.45) is -1.34. The Hall–Kier alpha value is -3.88. The van der Waals surface area contributed by atoms with Crippen LogP contribution in [-0.4, -0.2) is 78.1 Å². The van der Waals surface area contributed by atoms with E-state index in [0.717, 1.165) is 35.2 Å². The van der Waals surface area contributed by atoms with Crippen LogP contribution >= 0.6 is 11.3 Å². The van der Waals surface area contributed by atoms with Gasteiger partial charge >= 0.3 is 18.2 Å². The summed E-state index contributed by atoms with van der Waals surface area (Å²) in [5, 5.41) is 16.8. The number of carboxylic acids is 1. The smallest absolute Gasteiger partial charge is 0.490 e. The second-order valence-corrected chi connectivity index (χ2v) is 10.4. The standard InChI is InChI=1S/C24H31N5O4S.C2HF3O2/c1-4-6-10-17-26-22(31)24(28-17)11-13-29(14-12-24)21(30)18-15-8-7-9-16(33-3)19(15)34-20(18)27-23(32)25-5-2;3-2(4,5)1(6)7/h7-9H,4-6,10-14H2,1-3H3,(H2,25,27,32)(H,26,28,31);(H,6,7). The highest BCUT2D eigenvalue weighted by Crippen LogP contribution is 2.42. The third kappa shape index (κ3) is 7.26. The Labute approximate surface area is 238 Å². The molecule has 2 aliphatic heterocycles. The monoisotopic (exact) mass is 599 g/mol. The molecule has 0 aliphatic carbocycles. The van der Waals surface area contributed by atoms with Crippen LogP contribution in [0.15, 0.2) is 23.2 Å². The average Bonchev–Trinajstić information content (AvgIpc) is 3.43. The lowest BCUT2D eigenvalue weighted by atomic mass is 9.87. The summed E-state index contributed by atoms with van der Waals surface area (Å²) in [5.41, 5.74) is -0.328. The molecule has 224 valence electrons. The first-order valence-electron chi connectivity index (χ1n) is 13.0. The lowest BCUT2D eigenvalue weighted by Crippen LogP contribution is -2.50. The number of anilines is 1. The zero-order valence-corrected chi connectivity index (χ0v) is 23.6. The predicted octanol–water partition coefficient (Wildman–Crippen LogP) is 4.38. The molecule has 2 aromatic rings. The normalized spacial score (nSPS) is 16.0. The van der Waals surface area contributed by atoms with Gasteiger partial charge in [0.05, 0.1) is 17.4 Å². The number of thiophene rings is 1. The number of amidine groups is 1. The quantitative estimate of drug-likeness (QED) is 0.371. The van der Waals surface area contributed by atoms with E-state index in [2.05, 4.69) is 22.9 Å². The van der Waals surface area contributed by atoms with Gasteiger partial charge in [0.25, 0.3) is 11.8 Å². The van der Waals surface area contributed by atoms with E-state index in [4.69, 9.17) is 19.6 Å². The van der Waals surface area contributed by atoms with Crippen LogP contribution in [0.25, 0.3) is 10.1 Å². The van der Waals surface area contributed by atoms with Gasteiger partial charge in [-0.3, -0.25) is 19.9 Å². The molecular weight excluding hydrogens is 567 g/mol. The molecule has 4 rings (SSSR count). The van der Waals surface area contributed by atoms with Crippen LogP contribution in [-0.2, 0) is 9.59 Å². The molecule has 1 aromatic heterocycles. The van der Waals surface area contributed by atoms with Crippen molar-refractivity contribution in [3.05, 3.63) is 23.8 Å². The number of ether oxygens (including phenoxy) is 1. The highest BCUT2D eigenvalue weighted by Gasteiger charge is 2.46. The molecule has 0 bridgehead atoms. The zero-order valence-electron chi connectivity index (χ0n) is 22.8. The number of piperidine rings is 1. The number of nitrogens with one attached hydrogen (secondary N) is 3. The Morgan fingerprint density at radius 3 is 2.44 bits per heavy atom. The summed E-state index contributed by atoms with van der Waals surface area (Å²) in [7, 11) is 1.58. The van der Waals surface area contributed by atoms with E-state index in [1.54, 1.807) is 12.0 Å². The Bertz CT molecular complexity index is 1330. The number of carbonyl (C=O) groups excluding carboxylic acids is 3. The van der Waals surface area contributed by atoms with Crippen molar-refractivity contribution < 1.29 is 42.2 Å². The number of hydrogen-bond donors (Lipinski definition) is 4. The van der Waals surface area contributed by atoms with E-state index in [1.165, 1.54) is 11.3 Å². The Kier molecular flexibility index (Phi) is 10.2. The topological polar surface area (TPSA) is 149 Å². The number of urea groups is 1. The van der Waals surface area contributed by atoms with Crippen LogP contribution in [0.1, 0.15) is 56.3 Å². The van der Waals surface area contributed by atoms with Gasteiger partial charge in [0.2, 0.25) is 0 Å². The van der Waals surface area contributed by atoms with Crippen LogP contribution in [0.2, 0.25) is 0 Å². The van der Waals surface area contributed by atoms with E-state index < -0.39 is 17.7 Å². The molecular formula is C26H32F3N5O6S. The molecule has 4 amide bonds. The first kappa shape index (κ1) is 31.6. The molecule has 2 aliphatic rings. The molecule has 0 unspecified atom stereocenters. The number of amides is 4. The fraction of sp³-hybridized carbons (Fsp3) is 0.500. The fourth-order valence-electron chi connectivity index (χ4n) is 4.49. The first-order chi connectivity index (χ1) is 19.4. The maximum atomic E-state index is 13.7. The maximum absolute atomic E-state index is 13.7. The van der Waals surface area contributed by atoms with Crippen LogP contribution in [0, 0.1) is 0 Å². The number of rotatable bonds is 7. The van der Waals surface area contributed by atoms with Crippen LogP contribution < -0.4 is 20.7 Å². The number of unbranched alkanes of at least 4 members (excludes halogenated alkanes) is 1. The summed E-state index contributed by atoms with van der Waals surface area (Å²) in [4.78, 5) is 54.1. The highest BCUT2D eigenvalue weighted by atomic mass is 32.1. The SMILES string of the molecule is CCCCC1=NC2(CCN(C(=O)c3c(NC(=O)NCC)sc4c(OC)cccc34)CC2)C(=O)N1.O=C(O)C(F)(F)F. The minimum atomic E-state index is -5.08. The molecule has 0 saturated carbocycles. The van der Waals surface area contributed by atoms with Gasteiger partial charge in [-0.1, -0.05) is 25.5 Å².